The van der Waals surface area contributed by atoms with Crippen LogP contribution in [0.3, 0.4) is 0 Å². The molecule has 0 bridgehead atoms. The average molecular weight is 610 g/mol. The Morgan fingerprint density at radius 1 is 1.04 bits per heavy atom. The van der Waals surface area contributed by atoms with Crippen LogP contribution in [0.2, 0.25) is 0 Å². The van der Waals surface area contributed by atoms with E-state index >= 15 is 0 Å². The number of anilines is 2. The smallest absolute Gasteiger partial charge is 0.254 e. The van der Waals surface area contributed by atoms with E-state index in [4.69, 9.17) is 9.47 Å². The molecule has 0 aliphatic carbocycles. The first-order valence-corrected chi connectivity index (χ1v) is 15.5. The van der Waals surface area contributed by atoms with Crippen molar-refractivity contribution in [1.82, 2.24) is 30.1 Å². The van der Waals surface area contributed by atoms with Gasteiger partial charge in [-0.25, -0.2) is 9.97 Å². The number of nitrogens with one attached hydrogen (secondary N) is 2. The SMILES string of the molecule is CC(=O)NCCN(c1cccc(C(=O)N2CCN(CCC(Cc3ccccc3)C3=COCO3)CC2)c1)c1ncnc2[nH]ccc12. The molecular weight excluding hydrogens is 570 g/mol. The number of benzene rings is 2. The second-order valence-corrected chi connectivity index (χ2v) is 11.4. The molecule has 1 fully saturated rings. The van der Waals surface area contributed by atoms with E-state index in [1.165, 1.54) is 18.8 Å². The first-order chi connectivity index (χ1) is 22.0. The standard InChI is InChI=1S/C34H39N7O4/c1-25(42)35-13-15-41(33-30-10-12-36-32(30)37-23-38-33)29-9-5-8-28(21-29)34(43)40-18-16-39(17-19-40)14-11-27(31-22-44-24-45-31)20-26-6-3-2-4-7-26/h2-10,12,21-23,27H,11,13-20,24H2,1H3,(H,35,42)(H,36,37,38). The molecule has 1 atom stereocenters. The number of ether oxygens (including phenoxy) is 2. The van der Waals surface area contributed by atoms with Crippen LogP contribution in [0.15, 0.2) is 85.2 Å². The first-order valence-electron chi connectivity index (χ1n) is 15.5. The van der Waals surface area contributed by atoms with E-state index in [9.17, 15) is 9.59 Å². The van der Waals surface area contributed by atoms with Crippen molar-refractivity contribution in [2.45, 2.75) is 19.8 Å². The maximum atomic E-state index is 13.7. The second-order valence-electron chi connectivity index (χ2n) is 11.4. The van der Waals surface area contributed by atoms with Gasteiger partial charge in [-0.1, -0.05) is 36.4 Å². The number of rotatable bonds is 12. The van der Waals surface area contributed by atoms with Gasteiger partial charge in [0.15, 0.2) is 0 Å². The highest BCUT2D eigenvalue weighted by Gasteiger charge is 2.26. The average Bonchev–Trinajstić information content (AvgIpc) is 3.79. The Kier molecular flexibility index (Phi) is 9.55. The molecule has 0 saturated carbocycles. The highest BCUT2D eigenvalue weighted by atomic mass is 16.7. The molecule has 45 heavy (non-hydrogen) atoms. The van der Waals surface area contributed by atoms with Crippen molar-refractivity contribution >= 4 is 34.4 Å². The fourth-order valence-corrected chi connectivity index (χ4v) is 5.99. The van der Waals surface area contributed by atoms with Gasteiger partial charge < -0.3 is 29.6 Å². The van der Waals surface area contributed by atoms with Gasteiger partial charge in [0.2, 0.25) is 12.7 Å². The summed E-state index contributed by atoms with van der Waals surface area (Å²) in [5.74, 6) is 1.78. The molecular formula is C34H39N7O4. The number of nitrogens with zero attached hydrogens (tertiary/aromatic N) is 5. The van der Waals surface area contributed by atoms with Crippen LogP contribution in [0, 0.1) is 5.92 Å². The number of fused-ring (bicyclic) bond motifs is 1. The van der Waals surface area contributed by atoms with Crippen LogP contribution in [0.25, 0.3) is 11.0 Å². The van der Waals surface area contributed by atoms with Crippen LogP contribution >= 0.6 is 0 Å². The molecule has 2 aliphatic heterocycles. The van der Waals surface area contributed by atoms with Gasteiger partial charge in [-0.2, -0.15) is 0 Å². The topological polar surface area (TPSA) is 116 Å². The largest absolute Gasteiger partial charge is 0.462 e. The number of carbonyl (C=O) groups excluding carboxylic acids is 2. The number of H-pyrrole nitrogens is 1. The normalized spacial score (nSPS) is 15.7. The lowest BCUT2D eigenvalue weighted by Gasteiger charge is -2.35. The highest BCUT2D eigenvalue weighted by molar-refractivity contribution is 5.96. The number of amides is 2. The van der Waals surface area contributed by atoms with E-state index in [0.717, 1.165) is 55.0 Å². The van der Waals surface area contributed by atoms with E-state index in [1.54, 1.807) is 6.26 Å². The van der Waals surface area contributed by atoms with Crippen molar-refractivity contribution < 1.29 is 19.1 Å². The van der Waals surface area contributed by atoms with Crippen molar-refractivity contribution in [3.8, 4) is 0 Å². The molecule has 0 radical (unpaired) electrons. The van der Waals surface area contributed by atoms with Crippen molar-refractivity contribution in [2.24, 2.45) is 5.92 Å². The zero-order chi connectivity index (χ0) is 31.0. The number of aromatic nitrogens is 3. The Balaban J connectivity index is 1.09. The molecule has 2 aliphatic rings. The Labute approximate surface area is 262 Å². The zero-order valence-corrected chi connectivity index (χ0v) is 25.5. The van der Waals surface area contributed by atoms with Crippen molar-refractivity contribution in [1.29, 1.82) is 0 Å². The minimum Gasteiger partial charge on any atom is -0.462 e. The monoisotopic (exact) mass is 609 g/mol. The van der Waals surface area contributed by atoms with Crippen LogP contribution in [-0.4, -0.2) is 89.2 Å². The summed E-state index contributed by atoms with van der Waals surface area (Å²) in [5.41, 5.74) is 3.45. The quantitative estimate of drug-likeness (QED) is 0.247. The summed E-state index contributed by atoms with van der Waals surface area (Å²) in [6.45, 7) is 6.56. The zero-order valence-electron chi connectivity index (χ0n) is 25.5. The third-order valence-electron chi connectivity index (χ3n) is 8.38. The lowest BCUT2D eigenvalue weighted by Crippen LogP contribution is -2.49. The summed E-state index contributed by atoms with van der Waals surface area (Å²) in [4.78, 5) is 43.7. The van der Waals surface area contributed by atoms with Crippen molar-refractivity contribution in [3.05, 3.63) is 96.3 Å². The van der Waals surface area contributed by atoms with Gasteiger partial charge in [0.25, 0.3) is 5.91 Å². The maximum absolute atomic E-state index is 13.7. The van der Waals surface area contributed by atoms with Gasteiger partial charge in [-0.3, -0.25) is 14.5 Å². The van der Waals surface area contributed by atoms with Gasteiger partial charge >= 0.3 is 0 Å². The van der Waals surface area contributed by atoms with Crippen LogP contribution in [0.5, 0.6) is 0 Å². The van der Waals surface area contributed by atoms with Gasteiger partial charge in [0.05, 0.1) is 5.39 Å². The molecule has 6 rings (SSSR count). The number of carbonyl (C=O) groups is 2. The van der Waals surface area contributed by atoms with Crippen LogP contribution < -0.4 is 10.2 Å². The maximum Gasteiger partial charge on any atom is 0.254 e. The summed E-state index contributed by atoms with van der Waals surface area (Å²) < 4.78 is 11.1. The fourth-order valence-electron chi connectivity index (χ4n) is 5.99. The summed E-state index contributed by atoms with van der Waals surface area (Å²) in [5, 5.41) is 3.73. The summed E-state index contributed by atoms with van der Waals surface area (Å²) in [7, 11) is 0. The first kappa shape index (κ1) is 30.1. The molecule has 234 valence electrons. The molecule has 1 unspecified atom stereocenters. The lowest BCUT2D eigenvalue weighted by atomic mass is 9.94. The Bertz CT molecular complexity index is 1630. The Hall–Kier alpha value is -4.90. The molecule has 2 aromatic carbocycles. The Morgan fingerprint density at radius 3 is 2.67 bits per heavy atom. The van der Waals surface area contributed by atoms with E-state index in [1.807, 2.05) is 52.4 Å². The fraction of sp³-hybridized carbons (Fsp3) is 0.353. The van der Waals surface area contributed by atoms with Gasteiger partial charge in [0, 0.05) is 69.6 Å². The van der Waals surface area contributed by atoms with E-state index in [0.29, 0.717) is 37.6 Å². The minimum absolute atomic E-state index is 0.0106. The number of hydrogen-bond donors (Lipinski definition) is 2. The van der Waals surface area contributed by atoms with Crippen molar-refractivity contribution in [2.75, 3.05) is 57.5 Å². The highest BCUT2D eigenvalue weighted by Crippen LogP contribution is 2.30. The number of piperazine rings is 1. The molecule has 2 aromatic heterocycles. The second kappa shape index (κ2) is 14.3. The van der Waals surface area contributed by atoms with Gasteiger partial charge in [-0.15, -0.1) is 0 Å². The summed E-state index contributed by atoms with van der Waals surface area (Å²) in [6, 6.07) is 20.0. The van der Waals surface area contributed by atoms with E-state index in [-0.39, 0.29) is 24.5 Å². The lowest BCUT2D eigenvalue weighted by molar-refractivity contribution is -0.118. The molecule has 11 nitrogen and oxygen atoms in total. The van der Waals surface area contributed by atoms with Crippen LogP contribution in [0.1, 0.15) is 29.3 Å². The predicted octanol–water partition coefficient (Wildman–Crippen LogP) is 4.08. The Morgan fingerprint density at radius 2 is 1.89 bits per heavy atom. The van der Waals surface area contributed by atoms with Crippen molar-refractivity contribution in [3.63, 3.8) is 0 Å². The third-order valence-corrected chi connectivity index (χ3v) is 8.38. The molecule has 1 saturated heterocycles. The molecule has 2 amide bonds. The van der Waals surface area contributed by atoms with E-state index in [2.05, 4.69) is 49.4 Å². The van der Waals surface area contributed by atoms with Crippen LogP contribution in [0.4, 0.5) is 11.5 Å². The molecule has 4 heterocycles. The predicted molar refractivity (Wildman–Crippen MR) is 172 cm³/mol. The van der Waals surface area contributed by atoms with Gasteiger partial charge in [-0.05, 0) is 49.2 Å². The molecule has 4 aromatic rings. The third kappa shape index (κ3) is 7.43. The van der Waals surface area contributed by atoms with Gasteiger partial charge in [0.1, 0.15) is 29.8 Å². The summed E-state index contributed by atoms with van der Waals surface area (Å²) in [6.07, 6.45) is 6.95. The number of hydrogen-bond acceptors (Lipinski definition) is 8. The molecule has 0 spiro atoms. The summed E-state index contributed by atoms with van der Waals surface area (Å²) >= 11 is 0. The number of allylic oxidation sites excluding steroid dienone is 1. The molecule has 2 N–H and O–H groups in total. The number of aromatic amines is 1. The van der Waals surface area contributed by atoms with Crippen LogP contribution in [-0.2, 0) is 20.7 Å². The van der Waals surface area contributed by atoms with E-state index < -0.39 is 0 Å². The minimum atomic E-state index is -0.0998. The molecule has 11 heteroatoms.